The topological polar surface area (TPSA) is 108 Å². The molecule has 1 unspecified atom stereocenters. The fourth-order valence-corrected chi connectivity index (χ4v) is 1.58. The zero-order valence-corrected chi connectivity index (χ0v) is 12.1. The molecule has 4 N–H and O–H groups in total. The molecule has 0 fully saturated rings. The summed E-state index contributed by atoms with van der Waals surface area (Å²) >= 11 is 0. The molecule has 0 aliphatic heterocycles. The van der Waals surface area contributed by atoms with Crippen LogP contribution in [0.3, 0.4) is 0 Å². The molecular formula is C14H18FN3O4. The van der Waals surface area contributed by atoms with Crippen LogP contribution in [-0.2, 0) is 11.3 Å². The predicted molar refractivity (Wildman–Crippen MR) is 77.2 cm³/mol. The number of alkyl halides is 1. The number of carbonyl (C=O) groups excluding carboxylic acids is 2. The smallest absolute Gasteiger partial charge is 0.335 e. The summed E-state index contributed by atoms with van der Waals surface area (Å²) in [5.74, 6) is -1.50. The number of urea groups is 1. The minimum Gasteiger partial charge on any atom is -0.478 e. The van der Waals surface area contributed by atoms with E-state index in [0.29, 0.717) is 0 Å². The molecule has 0 radical (unpaired) electrons. The number of benzene rings is 1. The van der Waals surface area contributed by atoms with Crippen LogP contribution in [0, 0.1) is 0 Å². The molecule has 0 bridgehead atoms. The molecule has 8 heteroatoms. The van der Waals surface area contributed by atoms with E-state index in [9.17, 15) is 18.8 Å². The van der Waals surface area contributed by atoms with Crippen LogP contribution in [0.1, 0.15) is 22.8 Å². The van der Waals surface area contributed by atoms with Crippen LogP contribution in [0.15, 0.2) is 24.3 Å². The lowest BCUT2D eigenvalue weighted by molar-refractivity contribution is -0.122. The van der Waals surface area contributed by atoms with Gasteiger partial charge in [-0.25, -0.2) is 14.0 Å². The van der Waals surface area contributed by atoms with Gasteiger partial charge in [0.15, 0.2) is 0 Å². The fourth-order valence-electron chi connectivity index (χ4n) is 1.58. The van der Waals surface area contributed by atoms with Crippen molar-refractivity contribution in [3.05, 3.63) is 35.4 Å². The Balaban J connectivity index is 2.39. The number of halogens is 1. The number of amides is 3. The summed E-state index contributed by atoms with van der Waals surface area (Å²) in [6.45, 7) is 0.902. The van der Waals surface area contributed by atoms with Crippen LogP contribution < -0.4 is 16.0 Å². The van der Waals surface area contributed by atoms with E-state index >= 15 is 0 Å². The lowest BCUT2D eigenvalue weighted by atomic mass is 10.1. The third-order valence-electron chi connectivity index (χ3n) is 2.79. The van der Waals surface area contributed by atoms with Gasteiger partial charge < -0.3 is 21.1 Å². The van der Waals surface area contributed by atoms with Crippen molar-refractivity contribution < 1.29 is 23.9 Å². The van der Waals surface area contributed by atoms with Crippen LogP contribution >= 0.6 is 0 Å². The van der Waals surface area contributed by atoms with Gasteiger partial charge in [-0.3, -0.25) is 4.79 Å². The van der Waals surface area contributed by atoms with E-state index in [4.69, 9.17) is 5.11 Å². The van der Waals surface area contributed by atoms with Gasteiger partial charge in [-0.2, -0.15) is 0 Å². The summed E-state index contributed by atoms with van der Waals surface area (Å²) in [7, 11) is 0. The molecular weight excluding hydrogens is 293 g/mol. The van der Waals surface area contributed by atoms with Crippen LogP contribution in [-0.4, -0.2) is 42.3 Å². The Morgan fingerprint density at radius 1 is 1.18 bits per heavy atom. The largest absolute Gasteiger partial charge is 0.478 e. The Morgan fingerprint density at radius 2 is 1.82 bits per heavy atom. The molecule has 7 nitrogen and oxygen atoms in total. The molecule has 0 saturated heterocycles. The number of nitrogens with one attached hydrogen (secondary N) is 3. The maximum absolute atomic E-state index is 11.9. The quantitative estimate of drug-likeness (QED) is 0.593. The lowest BCUT2D eigenvalue weighted by Gasteiger charge is -2.14. The molecule has 22 heavy (non-hydrogen) atoms. The number of rotatable bonds is 7. The first kappa shape index (κ1) is 17.4. The molecule has 1 atom stereocenters. The Bertz CT molecular complexity index is 533. The number of aromatic carboxylic acids is 1. The molecule has 1 aromatic carbocycles. The van der Waals surface area contributed by atoms with Gasteiger partial charge in [-0.05, 0) is 24.6 Å². The van der Waals surface area contributed by atoms with Crippen LogP contribution in [0.4, 0.5) is 9.18 Å². The second kappa shape index (κ2) is 8.60. The van der Waals surface area contributed by atoms with Gasteiger partial charge in [0, 0.05) is 13.1 Å². The maximum Gasteiger partial charge on any atom is 0.335 e. The maximum atomic E-state index is 11.9. The Hall–Kier alpha value is -2.64. The predicted octanol–water partition coefficient (Wildman–Crippen LogP) is 0.658. The number of carboxylic acid groups (broad SMARTS) is 1. The Labute approximate surface area is 126 Å². The summed E-state index contributed by atoms with van der Waals surface area (Å²) in [4.78, 5) is 33.7. The van der Waals surface area contributed by atoms with Gasteiger partial charge in [0.2, 0.25) is 5.91 Å². The molecule has 1 rings (SSSR count). The van der Waals surface area contributed by atoms with Crippen molar-refractivity contribution in [2.45, 2.75) is 19.5 Å². The lowest BCUT2D eigenvalue weighted by Crippen LogP contribution is -2.48. The fraction of sp³-hybridized carbons (Fsp3) is 0.357. The SMILES string of the molecule is CC(NC(=O)NCc1ccc(C(=O)O)cc1)C(=O)NCCF. The molecule has 0 saturated carbocycles. The zero-order valence-electron chi connectivity index (χ0n) is 12.1. The summed E-state index contributed by atoms with van der Waals surface area (Å²) in [6.07, 6.45) is 0. The Morgan fingerprint density at radius 3 is 2.36 bits per heavy atom. The first-order valence-electron chi connectivity index (χ1n) is 6.64. The van der Waals surface area contributed by atoms with E-state index < -0.39 is 30.6 Å². The van der Waals surface area contributed by atoms with Crippen molar-refractivity contribution in [1.29, 1.82) is 0 Å². The van der Waals surface area contributed by atoms with Gasteiger partial charge in [-0.15, -0.1) is 0 Å². The number of hydrogen-bond acceptors (Lipinski definition) is 3. The second-order valence-corrected chi connectivity index (χ2v) is 4.53. The van der Waals surface area contributed by atoms with Gasteiger partial charge in [0.05, 0.1) is 5.56 Å². The standard InChI is InChI=1S/C14H18FN3O4/c1-9(12(19)16-7-6-15)18-14(22)17-8-10-2-4-11(5-3-10)13(20)21/h2-5,9H,6-8H2,1H3,(H,16,19)(H,20,21)(H2,17,18,22). The molecule has 120 valence electrons. The van der Waals surface area contributed by atoms with E-state index in [1.54, 1.807) is 12.1 Å². The minimum atomic E-state index is -1.02. The van der Waals surface area contributed by atoms with Gasteiger partial charge in [-0.1, -0.05) is 12.1 Å². The molecule has 1 aromatic rings. The summed E-state index contributed by atoms with van der Waals surface area (Å²) in [6, 6.07) is 4.70. The molecule has 0 aliphatic rings. The second-order valence-electron chi connectivity index (χ2n) is 4.53. The third kappa shape index (κ3) is 5.78. The molecule has 3 amide bonds. The number of carbonyl (C=O) groups is 3. The normalized spacial score (nSPS) is 11.4. The van der Waals surface area contributed by atoms with E-state index in [0.717, 1.165) is 5.56 Å². The molecule has 0 spiro atoms. The number of hydrogen-bond donors (Lipinski definition) is 4. The van der Waals surface area contributed by atoms with Gasteiger partial charge in [0.1, 0.15) is 12.7 Å². The highest BCUT2D eigenvalue weighted by Crippen LogP contribution is 2.04. The highest BCUT2D eigenvalue weighted by atomic mass is 19.1. The summed E-state index contributed by atoms with van der Waals surface area (Å²) in [5, 5.41) is 16.0. The first-order valence-corrected chi connectivity index (χ1v) is 6.64. The number of carboxylic acids is 1. The summed E-state index contributed by atoms with van der Waals surface area (Å²) in [5.41, 5.74) is 0.876. The molecule has 0 aromatic heterocycles. The van der Waals surface area contributed by atoms with Crippen molar-refractivity contribution in [2.75, 3.05) is 13.2 Å². The van der Waals surface area contributed by atoms with Crippen molar-refractivity contribution in [2.24, 2.45) is 0 Å². The van der Waals surface area contributed by atoms with Crippen molar-refractivity contribution >= 4 is 17.9 Å². The zero-order chi connectivity index (χ0) is 16.5. The van der Waals surface area contributed by atoms with Crippen molar-refractivity contribution in [3.8, 4) is 0 Å². The summed E-state index contributed by atoms with van der Waals surface area (Å²) < 4.78 is 11.9. The highest BCUT2D eigenvalue weighted by Gasteiger charge is 2.14. The van der Waals surface area contributed by atoms with Crippen LogP contribution in [0.2, 0.25) is 0 Å². The first-order chi connectivity index (χ1) is 10.4. The molecule has 0 aliphatic carbocycles. The third-order valence-corrected chi connectivity index (χ3v) is 2.79. The minimum absolute atomic E-state index is 0.0948. The van der Waals surface area contributed by atoms with E-state index in [2.05, 4.69) is 16.0 Å². The van der Waals surface area contributed by atoms with E-state index in [1.807, 2.05) is 0 Å². The van der Waals surface area contributed by atoms with E-state index in [-0.39, 0.29) is 18.7 Å². The van der Waals surface area contributed by atoms with Crippen molar-refractivity contribution in [3.63, 3.8) is 0 Å². The van der Waals surface area contributed by atoms with Crippen LogP contribution in [0.25, 0.3) is 0 Å². The average molecular weight is 311 g/mol. The van der Waals surface area contributed by atoms with E-state index in [1.165, 1.54) is 19.1 Å². The van der Waals surface area contributed by atoms with Gasteiger partial charge >= 0.3 is 12.0 Å². The monoisotopic (exact) mass is 311 g/mol. The highest BCUT2D eigenvalue weighted by molar-refractivity contribution is 5.87. The molecule has 0 heterocycles. The van der Waals surface area contributed by atoms with Gasteiger partial charge in [0.25, 0.3) is 0 Å². The van der Waals surface area contributed by atoms with Crippen molar-refractivity contribution in [1.82, 2.24) is 16.0 Å². The average Bonchev–Trinajstić information content (AvgIpc) is 2.50. The van der Waals surface area contributed by atoms with Crippen LogP contribution in [0.5, 0.6) is 0 Å². The Kier molecular flexibility index (Phi) is 6.81.